The Bertz CT molecular complexity index is 611. The van der Waals surface area contributed by atoms with Crippen LogP contribution in [0.1, 0.15) is 17.2 Å². The molecule has 1 fully saturated rings. The summed E-state index contributed by atoms with van der Waals surface area (Å²) in [5.41, 5.74) is 2.56. The topological polar surface area (TPSA) is 35.5 Å². The highest BCUT2D eigenvalue weighted by molar-refractivity contribution is 5.26. The zero-order valence-electron chi connectivity index (χ0n) is 14.2. The fourth-order valence-corrected chi connectivity index (χ4v) is 3.03. The Morgan fingerprint density at radius 3 is 2.43 bits per heavy atom. The van der Waals surface area contributed by atoms with E-state index in [9.17, 15) is 0 Å². The normalized spacial score (nSPS) is 19.7. The summed E-state index contributed by atoms with van der Waals surface area (Å²) in [5, 5.41) is 0. The van der Waals surface area contributed by atoms with E-state index in [1.54, 1.807) is 0 Å². The molecule has 0 aliphatic carbocycles. The third kappa shape index (κ3) is 3.86. The Balaban J connectivity index is 1.67. The van der Waals surface area contributed by atoms with Crippen LogP contribution >= 0.6 is 0 Å². The van der Waals surface area contributed by atoms with Gasteiger partial charge >= 0.3 is 0 Å². The van der Waals surface area contributed by atoms with Gasteiger partial charge in [-0.2, -0.15) is 0 Å². The highest BCUT2D eigenvalue weighted by atomic mass is 15.3. The number of aromatic nitrogens is 2. The summed E-state index contributed by atoms with van der Waals surface area (Å²) in [7, 11) is 6.13. The summed E-state index contributed by atoms with van der Waals surface area (Å²) in [6.45, 7) is 4.10. The molecule has 1 saturated heterocycles. The standard InChI is InChI=1S/C18H25N5/c1-21(2)18-19-11-15(12-20-18)13-23-10-9-22(3)17(14-23)16-7-5-4-6-8-16/h4-8,11-12,17H,9-10,13-14H2,1-3H3. The molecule has 2 heterocycles. The fraction of sp³-hybridized carbons (Fsp3) is 0.444. The molecule has 0 radical (unpaired) electrons. The van der Waals surface area contributed by atoms with Gasteiger partial charge in [0.2, 0.25) is 5.95 Å². The van der Waals surface area contributed by atoms with Gasteiger partial charge in [-0.05, 0) is 12.6 Å². The lowest BCUT2D eigenvalue weighted by Crippen LogP contribution is -2.46. The maximum Gasteiger partial charge on any atom is 0.224 e. The predicted molar refractivity (Wildman–Crippen MR) is 93.4 cm³/mol. The summed E-state index contributed by atoms with van der Waals surface area (Å²) in [6.07, 6.45) is 3.89. The van der Waals surface area contributed by atoms with E-state index in [1.807, 2.05) is 31.4 Å². The predicted octanol–water partition coefficient (Wildman–Crippen LogP) is 2.03. The Kier molecular flexibility index (Phi) is 4.88. The maximum atomic E-state index is 4.41. The minimum absolute atomic E-state index is 0.451. The van der Waals surface area contributed by atoms with Crippen LogP contribution in [-0.4, -0.2) is 60.5 Å². The monoisotopic (exact) mass is 311 g/mol. The quantitative estimate of drug-likeness (QED) is 0.863. The van der Waals surface area contributed by atoms with Crippen LogP contribution < -0.4 is 4.90 Å². The largest absolute Gasteiger partial charge is 0.347 e. The van der Waals surface area contributed by atoms with Gasteiger partial charge in [-0.1, -0.05) is 30.3 Å². The van der Waals surface area contributed by atoms with Gasteiger partial charge in [-0.3, -0.25) is 9.80 Å². The third-order valence-corrected chi connectivity index (χ3v) is 4.41. The van der Waals surface area contributed by atoms with E-state index in [-0.39, 0.29) is 0 Å². The van der Waals surface area contributed by atoms with Crippen molar-refractivity contribution >= 4 is 5.95 Å². The second-order valence-electron chi connectivity index (χ2n) is 6.43. The lowest BCUT2D eigenvalue weighted by molar-refractivity contribution is 0.0903. The first-order chi connectivity index (χ1) is 11.1. The van der Waals surface area contributed by atoms with Crippen LogP contribution in [0.25, 0.3) is 0 Å². The molecule has 1 aliphatic heterocycles. The molecule has 3 rings (SSSR count). The number of likely N-dealkylation sites (N-methyl/N-ethyl adjacent to an activating group) is 1. The second-order valence-corrected chi connectivity index (χ2v) is 6.43. The Labute approximate surface area is 138 Å². The highest BCUT2D eigenvalue weighted by Gasteiger charge is 2.25. The Morgan fingerprint density at radius 1 is 1.09 bits per heavy atom. The first-order valence-corrected chi connectivity index (χ1v) is 8.09. The molecule has 5 heteroatoms. The maximum absolute atomic E-state index is 4.41. The SMILES string of the molecule is CN(C)c1ncc(CN2CCN(C)C(c3ccccc3)C2)cn1. The summed E-state index contributed by atoms with van der Waals surface area (Å²) < 4.78 is 0. The highest BCUT2D eigenvalue weighted by Crippen LogP contribution is 2.24. The molecule has 0 N–H and O–H groups in total. The molecular weight excluding hydrogens is 286 g/mol. The average Bonchev–Trinajstić information content (AvgIpc) is 2.58. The van der Waals surface area contributed by atoms with Crippen molar-refractivity contribution in [1.29, 1.82) is 0 Å². The molecule has 1 aliphatic rings. The minimum Gasteiger partial charge on any atom is -0.347 e. The van der Waals surface area contributed by atoms with Gasteiger partial charge in [-0.25, -0.2) is 9.97 Å². The molecular formula is C18H25N5. The number of piperazine rings is 1. The van der Waals surface area contributed by atoms with Crippen molar-refractivity contribution in [3.63, 3.8) is 0 Å². The molecule has 23 heavy (non-hydrogen) atoms. The van der Waals surface area contributed by atoms with E-state index in [0.717, 1.165) is 32.1 Å². The van der Waals surface area contributed by atoms with Crippen molar-refractivity contribution < 1.29 is 0 Å². The van der Waals surface area contributed by atoms with E-state index in [2.05, 4.69) is 57.1 Å². The summed E-state index contributed by atoms with van der Waals surface area (Å²) >= 11 is 0. The van der Waals surface area contributed by atoms with Gasteiger partial charge < -0.3 is 4.90 Å². The Morgan fingerprint density at radius 2 is 1.78 bits per heavy atom. The van der Waals surface area contributed by atoms with Crippen LogP contribution in [0.5, 0.6) is 0 Å². The fourth-order valence-electron chi connectivity index (χ4n) is 3.03. The van der Waals surface area contributed by atoms with Crippen LogP contribution in [0.4, 0.5) is 5.95 Å². The Hall–Kier alpha value is -1.98. The molecule has 1 aromatic heterocycles. The molecule has 0 amide bonds. The van der Waals surface area contributed by atoms with Crippen LogP contribution in [0.15, 0.2) is 42.7 Å². The van der Waals surface area contributed by atoms with E-state index >= 15 is 0 Å². The number of rotatable bonds is 4. The van der Waals surface area contributed by atoms with Crippen molar-refractivity contribution in [2.75, 3.05) is 45.7 Å². The molecule has 1 aromatic carbocycles. The first-order valence-electron chi connectivity index (χ1n) is 8.09. The zero-order chi connectivity index (χ0) is 16.2. The molecule has 0 spiro atoms. The lowest BCUT2D eigenvalue weighted by Gasteiger charge is -2.39. The van der Waals surface area contributed by atoms with Crippen molar-refractivity contribution in [1.82, 2.24) is 19.8 Å². The smallest absolute Gasteiger partial charge is 0.224 e. The molecule has 0 saturated carbocycles. The number of hydrogen-bond donors (Lipinski definition) is 0. The van der Waals surface area contributed by atoms with Crippen LogP contribution in [0, 0.1) is 0 Å². The van der Waals surface area contributed by atoms with Crippen LogP contribution in [-0.2, 0) is 6.54 Å². The van der Waals surface area contributed by atoms with Crippen LogP contribution in [0.2, 0.25) is 0 Å². The number of nitrogens with zero attached hydrogens (tertiary/aromatic N) is 5. The van der Waals surface area contributed by atoms with Crippen LogP contribution in [0.3, 0.4) is 0 Å². The van der Waals surface area contributed by atoms with Gasteiger partial charge in [-0.15, -0.1) is 0 Å². The number of hydrogen-bond acceptors (Lipinski definition) is 5. The summed E-state index contributed by atoms with van der Waals surface area (Å²) in [4.78, 5) is 15.7. The first kappa shape index (κ1) is 15.9. The van der Waals surface area contributed by atoms with E-state index in [0.29, 0.717) is 6.04 Å². The second kappa shape index (κ2) is 7.06. The molecule has 2 aromatic rings. The minimum atomic E-state index is 0.451. The van der Waals surface area contributed by atoms with E-state index in [1.165, 1.54) is 11.1 Å². The zero-order valence-corrected chi connectivity index (χ0v) is 14.2. The molecule has 0 bridgehead atoms. The number of benzene rings is 1. The van der Waals surface area contributed by atoms with Gasteiger partial charge in [0.1, 0.15) is 0 Å². The van der Waals surface area contributed by atoms with Gasteiger partial charge in [0, 0.05) is 64.3 Å². The molecule has 5 nitrogen and oxygen atoms in total. The van der Waals surface area contributed by atoms with Crippen molar-refractivity contribution in [2.24, 2.45) is 0 Å². The molecule has 1 atom stereocenters. The van der Waals surface area contributed by atoms with E-state index in [4.69, 9.17) is 0 Å². The van der Waals surface area contributed by atoms with Crippen molar-refractivity contribution in [3.05, 3.63) is 53.9 Å². The molecule has 1 unspecified atom stereocenters. The average molecular weight is 311 g/mol. The van der Waals surface area contributed by atoms with Gasteiger partial charge in [0.25, 0.3) is 0 Å². The summed E-state index contributed by atoms with van der Waals surface area (Å²) in [6, 6.07) is 11.2. The summed E-state index contributed by atoms with van der Waals surface area (Å²) in [5.74, 6) is 0.759. The number of anilines is 1. The van der Waals surface area contributed by atoms with Gasteiger partial charge in [0.05, 0.1) is 0 Å². The van der Waals surface area contributed by atoms with E-state index < -0.39 is 0 Å². The van der Waals surface area contributed by atoms with Crippen molar-refractivity contribution in [3.8, 4) is 0 Å². The van der Waals surface area contributed by atoms with Gasteiger partial charge in [0.15, 0.2) is 0 Å². The molecule has 122 valence electrons. The van der Waals surface area contributed by atoms with Crippen molar-refractivity contribution in [2.45, 2.75) is 12.6 Å². The third-order valence-electron chi connectivity index (χ3n) is 4.41. The lowest BCUT2D eigenvalue weighted by atomic mass is 10.0.